The lowest BCUT2D eigenvalue weighted by Gasteiger charge is -2.34. The second-order valence-corrected chi connectivity index (χ2v) is 25.5. The van der Waals surface area contributed by atoms with Gasteiger partial charge in [0.25, 0.3) is 5.91 Å². The zero-order chi connectivity index (χ0) is 70.5. The number of carbonyl (C=O) groups excluding carboxylic acids is 6. The first-order chi connectivity index (χ1) is 47.8. The van der Waals surface area contributed by atoms with Gasteiger partial charge in [0.1, 0.15) is 60.4 Å². The summed E-state index contributed by atoms with van der Waals surface area (Å²) in [5.41, 5.74) is 11.2. The van der Waals surface area contributed by atoms with Crippen LogP contribution >= 0.6 is 11.6 Å². The summed E-state index contributed by atoms with van der Waals surface area (Å²) in [6.07, 6.45) is 20.8. The van der Waals surface area contributed by atoms with Gasteiger partial charge in [-0.15, -0.1) is 11.6 Å². The summed E-state index contributed by atoms with van der Waals surface area (Å²) in [6.45, 7) is 5.04. The van der Waals surface area contributed by atoms with Crippen molar-refractivity contribution in [2.75, 3.05) is 26.3 Å². The van der Waals surface area contributed by atoms with Gasteiger partial charge in [-0.05, 0) is 152 Å². The normalized spacial score (nSPS) is 15.1. The molecule has 0 bridgehead atoms. The van der Waals surface area contributed by atoms with Gasteiger partial charge in [-0.2, -0.15) is 0 Å². The van der Waals surface area contributed by atoms with Crippen LogP contribution in [0.4, 0.5) is 42.1 Å². The van der Waals surface area contributed by atoms with Gasteiger partial charge in [0.15, 0.2) is 6.54 Å². The smallest absolute Gasteiger partial charge is 0.390 e. The van der Waals surface area contributed by atoms with E-state index in [2.05, 4.69) is 25.9 Å². The highest BCUT2D eigenvalue weighted by Crippen LogP contribution is 2.36. The van der Waals surface area contributed by atoms with Crippen molar-refractivity contribution in [3.05, 3.63) is 231 Å². The van der Waals surface area contributed by atoms with Crippen LogP contribution in [0.2, 0.25) is 0 Å². The van der Waals surface area contributed by atoms with Gasteiger partial charge in [-0.3, -0.25) is 43.5 Å². The average Bonchev–Trinajstić information content (AvgIpc) is 1.22. The maximum atomic E-state index is 14.3. The Bertz CT molecular complexity index is 4090. The monoisotopic (exact) mass is 1370 g/mol. The van der Waals surface area contributed by atoms with Crippen molar-refractivity contribution in [1.82, 2.24) is 35.1 Å². The maximum absolute atomic E-state index is 14.3. The Kier molecular flexibility index (Phi) is 26.1. The number of nitrogens with two attached hydrogens (primary N) is 1. The van der Waals surface area contributed by atoms with E-state index in [4.69, 9.17) is 17.3 Å². The molecule has 2 heterocycles. The number of aryl methyl sites for hydroxylation is 3. The molecule has 3 unspecified atom stereocenters. The molecule has 8 aromatic rings. The first-order valence-electron chi connectivity index (χ1n) is 33.6. The van der Waals surface area contributed by atoms with Crippen LogP contribution in [0.15, 0.2) is 170 Å². The van der Waals surface area contributed by atoms with Crippen LogP contribution in [-0.4, -0.2) is 83.5 Å². The Balaban J connectivity index is 0.000000175. The average molecular weight is 1370 g/mol. The number of carbonyl (C=O) groups is 6. The Labute approximate surface area is 579 Å². The van der Waals surface area contributed by atoms with Gasteiger partial charge < -0.3 is 36.4 Å². The molecule has 3 aliphatic rings. The molecule has 3 aliphatic carbocycles. The second-order valence-electron chi connectivity index (χ2n) is 25.2. The lowest BCUT2D eigenvalue weighted by Crippen LogP contribution is -2.48. The van der Waals surface area contributed by atoms with Crippen LogP contribution in [0.1, 0.15) is 148 Å². The highest BCUT2D eigenvalue weighted by atomic mass is 35.5. The van der Waals surface area contributed by atoms with Gasteiger partial charge in [-0.25, -0.2) is 22.7 Å². The van der Waals surface area contributed by atoms with E-state index in [1.165, 1.54) is 98.9 Å². The van der Waals surface area contributed by atoms with Crippen LogP contribution in [0.3, 0.4) is 0 Å². The molecular formula is C75H84ClF3N12O8. The second kappa shape index (κ2) is 35.4. The number of benzene rings is 6. The van der Waals surface area contributed by atoms with E-state index >= 15 is 0 Å². The number of alkyl halides is 1. The molecule has 20 nitrogen and oxygen atoms in total. The number of aromatic nitrogens is 4. The minimum atomic E-state index is -1.11. The van der Waals surface area contributed by atoms with Gasteiger partial charge in [0, 0.05) is 47.6 Å². The van der Waals surface area contributed by atoms with E-state index in [1.807, 2.05) is 81.4 Å². The van der Waals surface area contributed by atoms with E-state index in [-0.39, 0.29) is 59.9 Å². The van der Waals surface area contributed by atoms with Crippen molar-refractivity contribution in [3.63, 3.8) is 0 Å². The number of anilines is 4. The van der Waals surface area contributed by atoms with E-state index in [1.54, 1.807) is 36.5 Å². The molecule has 520 valence electrons. The molecule has 24 heteroatoms. The number of amides is 6. The Morgan fingerprint density at radius 2 is 0.818 bits per heavy atom. The summed E-state index contributed by atoms with van der Waals surface area (Å²) in [5.74, 6) is -4.57. The number of nitro groups is 1. The van der Waals surface area contributed by atoms with Crippen molar-refractivity contribution >= 4 is 76.0 Å². The van der Waals surface area contributed by atoms with Crippen molar-refractivity contribution in [2.24, 2.45) is 0 Å². The highest BCUT2D eigenvalue weighted by molar-refractivity contribution is 6.30. The maximum Gasteiger partial charge on any atom is 0.435 e. The number of imidazole rings is 2. The Hall–Kier alpha value is -10.2. The Morgan fingerprint density at radius 3 is 1.13 bits per heavy atom. The van der Waals surface area contributed by atoms with Crippen molar-refractivity contribution in [2.45, 2.75) is 166 Å². The SMILES string of the molecule is Cc1ccccc1C(C(=O)NC1CCCCC1)N(C(=O)CCl)c1cccc(F)c1.Cc1ccccc1C(C(=O)NC1CCCCC1)N(C(=O)Cn1ccnc1N)c1cccc(F)c1.Cc1ccccc1C(C(=O)NC1CCCCC1)N(C(=O)Cn1ccnc1[N+](=O)[O-])c1cccc(F)c1. The largest absolute Gasteiger partial charge is 0.435 e. The molecule has 6 aromatic carbocycles. The molecule has 6 amide bonds. The third kappa shape index (κ3) is 19.4. The molecule has 11 rings (SSSR count). The minimum absolute atomic E-state index is 0.0167. The first-order valence-corrected chi connectivity index (χ1v) is 34.1. The van der Waals surface area contributed by atoms with E-state index in [0.29, 0.717) is 28.1 Å². The quantitative estimate of drug-likeness (QED) is 0.0299. The molecule has 3 fully saturated rings. The Morgan fingerprint density at radius 1 is 0.495 bits per heavy atom. The molecule has 0 radical (unpaired) electrons. The minimum Gasteiger partial charge on any atom is -0.390 e. The fourth-order valence-electron chi connectivity index (χ4n) is 13.2. The van der Waals surface area contributed by atoms with E-state index < -0.39 is 70.7 Å². The summed E-state index contributed by atoms with van der Waals surface area (Å²) in [4.78, 5) is 104. The van der Waals surface area contributed by atoms with Crippen molar-refractivity contribution in [1.29, 1.82) is 0 Å². The third-order valence-electron chi connectivity index (χ3n) is 18.2. The number of rotatable bonds is 21. The fourth-order valence-corrected chi connectivity index (χ4v) is 13.4. The number of nitrogens with one attached hydrogen (secondary N) is 3. The number of hydrogen-bond acceptors (Lipinski definition) is 11. The molecule has 5 N–H and O–H groups in total. The highest BCUT2D eigenvalue weighted by Gasteiger charge is 2.39. The molecule has 0 saturated heterocycles. The summed E-state index contributed by atoms with van der Waals surface area (Å²) in [6, 6.07) is 36.1. The summed E-state index contributed by atoms with van der Waals surface area (Å²) >= 11 is 5.89. The molecule has 3 atom stereocenters. The molecule has 99 heavy (non-hydrogen) atoms. The van der Waals surface area contributed by atoms with E-state index in [9.17, 15) is 52.1 Å². The number of nitrogen functional groups attached to an aromatic ring is 1. The molecule has 2 aromatic heterocycles. The first kappa shape index (κ1) is 73.1. The fraction of sp³-hybridized carbons (Fsp3) is 0.360. The number of hydrogen-bond donors (Lipinski definition) is 4. The standard InChI is InChI=1S/C26H28FN5O4.C26H30FN5O2.C23H26ClFN2O2/c1-18-8-5-6-13-22(18)24(25(34)29-20-10-3-2-4-11-20)31(21-12-7-9-19(27)16-21)23(33)17-30-15-14-28-26(30)32(35)36;1-18-8-5-6-13-22(18)24(25(34)30-20-10-3-2-4-11-20)32(21-12-7-9-19(27)16-21)23(33)17-31-15-14-29-26(31)28;1-16-8-5-6-13-20(16)22(23(29)26-18-10-3-2-4-11-18)27(21(28)15-24)19-12-7-9-17(25)14-19/h5-9,12-16,20,24H,2-4,10-11,17H2,1H3,(H,29,34);5-9,12-16,20,24H,2-4,10-11,17H2,1H3,(H2,28,29)(H,30,34);5-9,12-14,18,22H,2-4,10-11,15H2,1H3,(H,26,29). The number of halogens is 4. The van der Waals surface area contributed by atoms with Gasteiger partial charge in [0.05, 0.1) is 0 Å². The number of nitrogens with zero attached hydrogens (tertiary/aromatic N) is 8. The third-order valence-corrected chi connectivity index (χ3v) is 18.4. The predicted molar refractivity (Wildman–Crippen MR) is 375 cm³/mol. The molecule has 3 saturated carbocycles. The van der Waals surface area contributed by atoms with Crippen LogP contribution in [0.25, 0.3) is 0 Å². The van der Waals surface area contributed by atoms with Crippen molar-refractivity contribution in [3.8, 4) is 0 Å². The van der Waals surface area contributed by atoms with Gasteiger partial charge in [0.2, 0.25) is 35.5 Å². The molecular weight excluding hydrogens is 1290 g/mol. The molecule has 0 aliphatic heterocycles. The lowest BCUT2D eigenvalue weighted by atomic mass is 9.93. The van der Waals surface area contributed by atoms with Crippen LogP contribution < -0.4 is 36.4 Å². The summed E-state index contributed by atoms with van der Waals surface area (Å²) in [5, 5.41) is 20.7. The summed E-state index contributed by atoms with van der Waals surface area (Å²) in [7, 11) is 0. The predicted octanol–water partition coefficient (Wildman–Crippen LogP) is 13.5. The van der Waals surface area contributed by atoms with Crippen molar-refractivity contribution < 1.29 is 46.9 Å². The van der Waals surface area contributed by atoms with Gasteiger partial charge >= 0.3 is 5.95 Å². The molecule has 0 spiro atoms. The van der Waals surface area contributed by atoms with Crippen LogP contribution in [0, 0.1) is 48.3 Å². The van der Waals surface area contributed by atoms with Gasteiger partial charge in [-0.1, -0.05) is 154 Å². The lowest BCUT2D eigenvalue weighted by molar-refractivity contribution is -0.396. The zero-order valence-corrected chi connectivity index (χ0v) is 56.5. The van der Waals surface area contributed by atoms with Crippen LogP contribution in [0.5, 0.6) is 0 Å². The zero-order valence-electron chi connectivity index (χ0n) is 55.8. The van der Waals surface area contributed by atoms with E-state index in [0.717, 1.165) is 111 Å². The summed E-state index contributed by atoms with van der Waals surface area (Å²) < 4.78 is 45.1. The van der Waals surface area contributed by atoms with Crippen LogP contribution in [-0.2, 0) is 41.9 Å². The topological polar surface area (TPSA) is 253 Å².